The summed E-state index contributed by atoms with van der Waals surface area (Å²) in [6.07, 6.45) is -0.919. The van der Waals surface area contributed by atoms with Crippen LogP contribution in [0.5, 0.6) is 5.75 Å². The highest BCUT2D eigenvalue weighted by molar-refractivity contribution is 7.80. The molecule has 32 heavy (non-hydrogen) atoms. The molecule has 0 aliphatic heterocycles. The second kappa shape index (κ2) is 11.1. The Hall–Kier alpha value is -2.25. The molecule has 0 spiro atoms. The van der Waals surface area contributed by atoms with E-state index in [-0.39, 0.29) is 17.4 Å². The average Bonchev–Trinajstić information content (AvgIpc) is 2.74. The minimum Gasteiger partial charge on any atom is -0.494 e. The van der Waals surface area contributed by atoms with Gasteiger partial charge in [0, 0.05) is 5.69 Å². The molecule has 3 aromatic carbocycles. The Morgan fingerprint density at radius 2 is 1.69 bits per heavy atom. The van der Waals surface area contributed by atoms with Crippen LogP contribution in [0.25, 0.3) is 10.8 Å². The summed E-state index contributed by atoms with van der Waals surface area (Å²) in [5.41, 5.74) is 1.59. The highest BCUT2D eigenvalue weighted by atomic mass is 35.6. The summed E-state index contributed by atoms with van der Waals surface area (Å²) in [5.74, 6) is 0.436. The Labute approximate surface area is 207 Å². The molecule has 0 bridgehead atoms. The van der Waals surface area contributed by atoms with Crippen LogP contribution in [0.1, 0.15) is 12.5 Å². The number of hydrogen-bond acceptors (Lipinski definition) is 3. The van der Waals surface area contributed by atoms with Gasteiger partial charge in [0.05, 0.1) is 13.0 Å². The molecule has 0 aliphatic carbocycles. The average molecular weight is 511 g/mol. The van der Waals surface area contributed by atoms with Crippen molar-refractivity contribution in [1.29, 1.82) is 0 Å². The van der Waals surface area contributed by atoms with Gasteiger partial charge in [0.15, 0.2) is 5.11 Å². The zero-order chi connectivity index (χ0) is 23.1. The maximum atomic E-state index is 12.7. The minimum absolute atomic E-state index is 0.124. The van der Waals surface area contributed by atoms with E-state index >= 15 is 0 Å². The first-order chi connectivity index (χ1) is 15.3. The van der Waals surface area contributed by atoms with Gasteiger partial charge in [-0.15, -0.1) is 0 Å². The van der Waals surface area contributed by atoms with Crippen LogP contribution >= 0.6 is 47.0 Å². The van der Waals surface area contributed by atoms with E-state index in [0.29, 0.717) is 6.61 Å². The van der Waals surface area contributed by atoms with E-state index in [1.54, 1.807) is 0 Å². The lowest BCUT2D eigenvalue weighted by Gasteiger charge is -2.28. The normalized spacial score (nSPS) is 12.1. The molecule has 5 nitrogen and oxygen atoms in total. The molecule has 1 unspecified atom stereocenters. The molecule has 0 saturated carbocycles. The van der Waals surface area contributed by atoms with Gasteiger partial charge in [-0.2, -0.15) is 0 Å². The van der Waals surface area contributed by atoms with E-state index in [1.807, 2.05) is 73.7 Å². The van der Waals surface area contributed by atoms with Gasteiger partial charge in [-0.05, 0) is 59.7 Å². The van der Waals surface area contributed by atoms with Gasteiger partial charge >= 0.3 is 0 Å². The van der Waals surface area contributed by atoms with E-state index in [9.17, 15) is 4.79 Å². The summed E-state index contributed by atoms with van der Waals surface area (Å²) in [7, 11) is 0. The highest BCUT2D eigenvalue weighted by Crippen LogP contribution is 2.29. The lowest BCUT2D eigenvalue weighted by atomic mass is 10.0. The fourth-order valence-corrected chi connectivity index (χ4v) is 3.69. The van der Waals surface area contributed by atoms with Crippen LogP contribution in [0, 0.1) is 0 Å². The van der Waals surface area contributed by atoms with E-state index in [4.69, 9.17) is 51.8 Å². The maximum absolute atomic E-state index is 12.7. The van der Waals surface area contributed by atoms with Crippen LogP contribution in [0.4, 0.5) is 5.69 Å². The predicted octanol–water partition coefficient (Wildman–Crippen LogP) is 5.58. The molecule has 0 heterocycles. The minimum atomic E-state index is -1.83. The number of anilines is 1. The van der Waals surface area contributed by atoms with Crippen LogP contribution in [-0.2, 0) is 11.2 Å². The van der Waals surface area contributed by atoms with Gasteiger partial charge in [-0.25, -0.2) is 0 Å². The fraction of sp³-hybridized carbons (Fsp3) is 0.217. The number of rotatable bonds is 7. The molecule has 0 fully saturated rings. The molecule has 0 aliphatic rings. The molecule has 3 aromatic rings. The van der Waals surface area contributed by atoms with E-state index in [2.05, 4.69) is 16.0 Å². The van der Waals surface area contributed by atoms with Gasteiger partial charge in [-0.3, -0.25) is 4.79 Å². The summed E-state index contributed by atoms with van der Waals surface area (Å²) in [4.78, 5) is 12.7. The number of nitrogens with one attached hydrogen (secondary N) is 3. The summed E-state index contributed by atoms with van der Waals surface area (Å²) in [5, 5.41) is 10.8. The number of halogens is 3. The third kappa shape index (κ3) is 6.87. The van der Waals surface area contributed by atoms with Crippen molar-refractivity contribution in [3.63, 3.8) is 0 Å². The van der Waals surface area contributed by atoms with Crippen molar-refractivity contribution in [1.82, 2.24) is 10.6 Å². The smallest absolute Gasteiger partial charge is 0.228 e. The van der Waals surface area contributed by atoms with E-state index in [0.717, 1.165) is 27.8 Å². The number of alkyl halides is 3. The van der Waals surface area contributed by atoms with Crippen molar-refractivity contribution in [2.75, 3.05) is 11.9 Å². The number of carbonyl (C=O) groups is 1. The molecule has 1 amide bonds. The van der Waals surface area contributed by atoms with Crippen molar-refractivity contribution in [2.24, 2.45) is 0 Å². The molecule has 0 radical (unpaired) electrons. The van der Waals surface area contributed by atoms with Crippen molar-refractivity contribution in [3.05, 3.63) is 72.3 Å². The van der Waals surface area contributed by atoms with Gasteiger partial charge in [0.25, 0.3) is 0 Å². The number of hydrogen-bond donors (Lipinski definition) is 3. The Morgan fingerprint density at radius 1 is 1.00 bits per heavy atom. The summed E-state index contributed by atoms with van der Waals surface area (Å²) < 4.78 is 3.58. The van der Waals surface area contributed by atoms with Crippen molar-refractivity contribution in [2.45, 2.75) is 23.3 Å². The third-order valence-corrected chi connectivity index (χ3v) is 5.44. The molecule has 3 rings (SSSR count). The quantitative estimate of drug-likeness (QED) is 0.220. The van der Waals surface area contributed by atoms with Gasteiger partial charge < -0.3 is 20.7 Å². The van der Waals surface area contributed by atoms with Crippen LogP contribution in [0.15, 0.2) is 66.7 Å². The molecule has 3 N–H and O–H groups in total. The van der Waals surface area contributed by atoms with Crippen molar-refractivity contribution < 1.29 is 9.53 Å². The zero-order valence-electron chi connectivity index (χ0n) is 17.2. The van der Waals surface area contributed by atoms with E-state index < -0.39 is 9.96 Å². The summed E-state index contributed by atoms with van der Waals surface area (Å²) >= 11 is 23.6. The number of amides is 1. The number of fused-ring (bicyclic) bond motifs is 1. The molecule has 0 saturated heterocycles. The Kier molecular flexibility index (Phi) is 8.43. The monoisotopic (exact) mass is 509 g/mol. The largest absolute Gasteiger partial charge is 0.494 e. The standard InChI is InChI=1S/C23H22Cl3N3O2S/c1-2-31-18-12-10-17(11-13-18)27-22(32)29-21(23(24,25)26)28-20(30)14-16-8-5-7-15-6-3-4-9-19(15)16/h3-13,21H,2,14H2,1H3,(H,28,30)(H2,27,29,32). The summed E-state index contributed by atoms with van der Waals surface area (Å²) in [6, 6.07) is 20.9. The summed E-state index contributed by atoms with van der Waals surface area (Å²) in [6.45, 7) is 2.49. The van der Waals surface area contributed by atoms with Crippen LogP contribution in [0.3, 0.4) is 0 Å². The first-order valence-corrected chi connectivity index (χ1v) is 11.4. The topological polar surface area (TPSA) is 62.4 Å². The van der Waals surface area contributed by atoms with Crippen LogP contribution in [-0.4, -0.2) is 27.6 Å². The molecule has 9 heteroatoms. The Bertz CT molecular complexity index is 1080. The number of thiocarbonyl (C=S) groups is 1. The number of carbonyl (C=O) groups excluding carboxylic acids is 1. The Balaban J connectivity index is 1.64. The lowest BCUT2D eigenvalue weighted by molar-refractivity contribution is -0.121. The maximum Gasteiger partial charge on any atom is 0.228 e. The second-order valence-corrected chi connectivity index (χ2v) is 9.69. The fourth-order valence-electron chi connectivity index (χ4n) is 3.13. The zero-order valence-corrected chi connectivity index (χ0v) is 20.3. The van der Waals surface area contributed by atoms with Crippen LogP contribution in [0.2, 0.25) is 0 Å². The number of ether oxygens (including phenoxy) is 1. The third-order valence-electron chi connectivity index (χ3n) is 4.56. The van der Waals surface area contributed by atoms with Crippen molar-refractivity contribution >= 4 is 74.5 Å². The van der Waals surface area contributed by atoms with Gasteiger partial charge in [0.1, 0.15) is 11.9 Å². The first kappa shape index (κ1) is 24.4. The molecular formula is C23H22Cl3N3O2S. The highest BCUT2D eigenvalue weighted by Gasteiger charge is 2.34. The first-order valence-electron chi connectivity index (χ1n) is 9.89. The SMILES string of the molecule is CCOc1ccc(NC(=S)NC(NC(=O)Cc2cccc3ccccc23)C(Cl)(Cl)Cl)cc1. The predicted molar refractivity (Wildman–Crippen MR) is 137 cm³/mol. The van der Waals surface area contributed by atoms with Gasteiger partial charge in [0.2, 0.25) is 9.70 Å². The second-order valence-electron chi connectivity index (χ2n) is 6.91. The molecule has 0 aromatic heterocycles. The molecular weight excluding hydrogens is 489 g/mol. The Morgan fingerprint density at radius 3 is 2.38 bits per heavy atom. The molecule has 1 atom stereocenters. The van der Waals surface area contributed by atoms with Crippen molar-refractivity contribution in [3.8, 4) is 5.75 Å². The molecule has 168 valence electrons. The van der Waals surface area contributed by atoms with E-state index in [1.165, 1.54) is 0 Å². The lowest BCUT2D eigenvalue weighted by Crippen LogP contribution is -2.56. The van der Waals surface area contributed by atoms with Crippen LogP contribution < -0.4 is 20.7 Å². The number of benzene rings is 3. The van der Waals surface area contributed by atoms with Gasteiger partial charge in [-0.1, -0.05) is 77.3 Å².